The van der Waals surface area contributed by atoms with Gasteiger partial charge in [-0.15, -0.1) is 0 Å². The Morgan fingerprint density at radius 1 is 1.18 bits per heavy atom. The number of halogens is 1. The Morgan fingerprint density at radius 3 is 2.50 bits per heavy atom. The highest BCUT2D eigenvalue weighted by atomic mass is 35.5. The average molecular weight is 338 g/mol. The van der Waals surface area contributed by atoms with Gasteiger partial charge in [-0.1, -0.05) is 23.7 Å². The molecule has 1 aliphatic heterocycles. The molecule has 1 saturated heterocycles. The lowest BCUT2D eigenvalue weighted by atomic mass is 10.1. The highest BCUT2D eigenvalue weighted by molar-refractivity contribution is 7.80. The third-order valence-electron chi connectivity index (χ3n) is 4.19. The van der Waals surface area contributed by atoms with Gasteiger partial charge in [0, 0.05) is 25.0 Å². The van der Waals surface area contributed by atoms with Crippen LogP contribution in [0.4, 0.5) is 5.69 Å². The molecule has 0 aromatic heterocycles. The van der Waals surface area contributed by atoms with Crippen LogP contribution in [0.25, 0.3) is 0 Å². The van der Waals surface area contributed by atoms with Crippen molar-refractivity contribution in [2.24, 2.45) is 5.92 Å². The van der Waals surface area contributed by atoms with E-state index in [1.165, 1.54) is 0 Å². The molecule has 0 spiro atoms. The van der Waals surface area contributed by atoms with Crippen molar-refractivity contribution in [3.05, 3.63) is 29.3 Å². The van der Waals surface area contributed by atoms with E-state index in [-0.39, 0.29) is 17.9 Å². The topological polar surface area (TPSA) is 44.4 Å². The van der Waals surface area contributed by atoms with E-state index in [1.54, 1.807) is 0 Å². The second-order valence-electron chi connectivity index (χ2n) is 5.95. The molecule has 2 fully saturated rings. The molecule has 1 aromatic carbocycles. The van der Waals surface area contributed by atoms with Crippen LogP contribution in [0.5, 0.6) is 0 Å². The SMILES string of the molecule is O=C(NC1CCN(C(=S)Nc2ccccc2Cl)CC1)C1CC1. The standard InChI is InChI=1S/C16H20ClN3OS/c17-13-3-1-2-4-14(13)19-16(22)20-9-7-12(8-10-20)18-15(21)11-5-6-11/h1-4,11-12H,5-10H2,(H,18,21)(H,19,22). The van der Waals surface area contributed by atoms with Gasteiger partial charge in [0.15, 0.2) is 5.11 Å². The molecular weight excluding hydrogens is 318 g/mol. The summed E-state index contributed by atoms with van der Waals surface area (Å²) in [6.45, 7) is 1.71. The van der Waals surface area contributed by atoms with Gasteiger partial charge in [-0.3, -0.25) is 4.79 Å². The fourth-order valence-electron chi connectivity index (χ4n) is 2.65. The van der Waals surface area contributed by atoms with Gasteiger partial charge in [0.05, 0.1) is 10.7 Å². The maximum atomic E-state index is 11.8. The third-order valence-corrected chi connectivity index (χ3v) is 4.88. The first-order chi connectivity index (χ1) is 10.6. The number of benzene rings is 1. The van der Waals surface area contributed by atoms with Crippen molar-refractivity contribution in [2.45, 2.75) is 31.7 Å². The van der Waals surface area contributed by atoms with E-state index in [0.29, 0.717) is 10.1 Å². The first-order valence-electron chi connectivity index (χ1n) is 7.74. The second-order valence-corrected chi connectivity index (χ2v) is 6.75. The number of anilines is 1. The number of piperidine rings is 1. The summed E-state index contributed by atoms with van der Waals surface area (Å²) in [7, 11) is 0. The van der Waals surface area contributed by atoms with E-state index in [9.17, 15) is 4.79 Å². The molecule has 118 valence electrons. The fourth-order valence-corrected chi connectivity index (χ4v) is 3.12. The number of amides is 1. The normalized spacial score (nSPS) is 18.9. The number of carbonyl (C=O) groups excluding carboxylic acids is 1. The molecule has 2 N–H and O–H groups in total. The van der Waals surface area contributed by atoms with Gasteiger partial charge >= 0.3 is 0 Å². The number of hydrogen-bond acceptors (Lipinski definition) is 2. The lowest BCUT2D eigenvalue weighted by Gasteiger charge is -2.34. The highest BCUT2D eigenvalue weighted by Gasteiger charge is 2.32. The molecule has 3 rings (SSSR count). The Kier molecular flexibility index (Phi) is 4.84. The van der Waals surface area contributed by atoms with E-state index in [4.69, 9.17) is 23.8 Å². The van der Waals surface area contributed by atoms with E-state index < -0.39 is 0 Å². The number of thiocarbonyl (C=S) groups is 1. The quantitative estimate of drug-likeness (QED) is 0.832. The summed E-state index contributed by atoms with van der Waals surface area (Å²) in [5.74, 6) is 0.510. The van der Waals surface area contributed by atoms with Crippen LogP contribution in [0, 0.1) is 5.92 Å². The van der Waals surface area contributed by atoms with Gasteiger partial charge in [-0.25, -0.2) is 0 Å². The smallest absolute Gasteiger partial charge is 0.223 e. The summed E-state index contributed by atoms with van der Waals surface area (Å²) in [5.41, 5.74) is 0.832. The number of hydrogen-bond donors (Lipinski definition) is 2. The number of nitrogens with one attached hydrogen (secondary N) is 2. The third kappa shape index (κ3) is 3.90. The number of rotatable bonds is 3. The van der Waals surface area contributed by atoms with Crippen molar-refractivity contribution in [2.75, 3.05) is 18.4 Å². The van der Waals surface area contributed by atoms with E-state index in [2.05, 4.69) is 15.5 Å². The number of para-hydroxylation sites is 1. The van der Waals surface area contributed by atoms with Gasteiger partial charge in [0.1, 0.15) is 0 Å². The van der Waals surface area contributed by atoms with Crippen LogP contribution in [0.15, 0.2) is 24.3 Å². The van der Waals surface area contributed by atoms with E-state index >= 15 is 0 Å². The Balaban J connectivity index is 1.47. The molecule has 0 atom stereocenters. The molecule has 1 aromatic rings. The van der Waals surface area contributed by atoms with Gasteiger partial charge in [-0.05, 0) is 50.0 Å². The van der Waals surface area contributed by atoms with Crippen molar-refractivity contribution in [3.8, 4) is 0 Å². The molecule has 1 aliphatic carbocycles. The molecule has 4 nitrogen and oxygen atoms in total. The van der Waals surface area contributed by atoms with Crippen LogP contribution in [0.1, 0.15) is 25.7 Å². The highest BCUT2D eigenvalue weighted by Crippen LogP contribution is 2.29. The van der Waals surface area contributed by atoms with Crippen LogP contribution < -0.4 is 10.6 Å². The van der Waals surface area contributed by atoms with Crippen molar-refractivity contribution in [3.63, 3.8) is 0 Å². The minimum atomic E-state index is 0.232. The summed E-state index contributed by atoms with van der Waals surface area (Å²) < 4.78 is 0. The van der Waals surface area contributed by atoms with Gasteiger partial charge in [0.2, 0.25) is 5.91 Å². The van der Waals surface area contributed by atoms with Crippen molar-refractivity contribution in [1.29, 1.82) is 0 Å². The maximum Gasteiger partial charge on any atom is 0.223 e. The molecule has 0 bridgehead atoms. The van der Waals surface area contributed by atoms with Crippen molar-refractivity contribution in [1.82, 2.24) is 10.2 Å². The first kappa shape index (κ1) is 15.6. The van der Waals surface area contributed by atoms with Crippen LogP contribution in [-0.4, -0.2) is 35.1 Å². The number of carbonyl (C=O) groups is 1. The Morgan fingerprint density at radius 2 is 1.86 bits per heavy atom. The van der Waals surface area contributed by atoms with Crippen LogP contribution >= 0.6 is 23.8 Å². The molecule has 2 aliphatic rings. The summed E-state index contributed by atoms with van der Waals surface area (Å²) in [5, 5.41) is 7.71. The van der Waals surface area contributed by atoms with Crippen molar-refractivity contribution < 1.29 is 4.79 Å². The zero-order valence-corrected chi connectivity index (χ0v) is 13.9. The molecule has 6 heteroatoms. The zero-order valence-electron chi connectivity index (χ0n) is 12.3. The Hall–Kier alpha value is -1.33. The van der Waals surface area contributed by atoms with Crippen LogP contribution in [0.3, 0.4) is 0 Å². The molecule has 0 unspecified atom stereocenters. The van der Waals surface area contributed by atoms with Gasteiger partial charge in [-0.2, -0.15) is 0 Å². The lowest BCUT2D eigenvalue weighted by Crippen LogP contribution is -2.48. The summed E-state index contributed by atoms with van der Waals surface area (Å²) in [4.78, 5) is 13.9. The Labute approximate surface area is 141 Å². The molecule has 0 radical (unpaired) electrons. The predicted octanol–water partition coefficient (Wildman–Crippen LogP) is 3.03. The molecule has 22 heavy (non-hydrogen) atoms. The molecular formula is C16H20ClN3OS. The van der Waals surface area contributed by atoms with Crippen molar-refractivity contribution >= 4 is 40.5 Å². The van der Waals surface area contributed by atoms with E-state index in [1.807, 2.05) is 24.3 Å². The lowest BCUT2D eigenvalue weighted by molar-refractivity contribution is -0.123. The summed E-state index contributed by atoms with van der Waals surface area (Å²) >= 11 is 11.6. The van der Waals surface area contributed by atoms with Gasteiger partial charge < -0.3 is 15.5 Å². The predicted molar refractivity (Wildman–Crippen MR) is 93.1 cm³/mol. The Bertz CT molecular complexity index is 568. The first-order valence-corrected chi connectivity index (χ1v) is 8.53. The van der Waals surface area contributed by atoms with E-state index in [0.717, 1.165) is 44.5 Å². The molecule has 1 heterocycles. The van der Waals surface area contributed by atoms with Gasteiger partial charge in [0.25, 0.3) is 0 Å². The van der Waals surface area contributed by atoms with Crippen LogP contribution in [0.2, 0.25) is 5.02 Å². The molecule has 1 saturated carbocycles. The number of likely N-dealkylation sites (tertiary alicyclic amines) is 1. The minimum absolute atomic E-state index is 0.232. The zero-order chi connectivity index (χ0) is 15.5. The second kappa shape index (κ2) is 6.84. The summed E-state index contributed by atoms with van der Waals surface area (Å²) in [6.07, 6.45) is 3.97. The maximum absolute atomic E-state index is 11.8. The van der Waals surface area contributed by atoms with Crippen LogP contribution in [-0.2, 0) is 4.79 Å². The largest absolute Gasteiger partial charge is 0.353 e. The monoisotopic (exact) mass is 337 g/mol. The number of nitrogens with zero attached hydrogens (tertiary/aromatic N) is 1. The average Bonchev–Trinajstić information content (AvgIpc) is 3.35. The minimum Gasteiger partial charge on any atom is -0.353 e. The molecule has 1 amide bonds. The fraction of sp³-hybridized carbons (Fsp3) is 0.500. The summed E-state index contributed by atoms with van der Waals surface area (Å²) in [6, 6.07) is 7.86.